The number of hydrogen-bond acceptors (Lipinski definition) is 4. The molecule has 6 nitrogen and oxygen atoms in total. The van der Waals surface area contributed by atoms with Crippen molar-refractivity contribution in [2.45, 2.75) is 18.7 Å². The number of benzene rings is 2. The van der Waals surface area contributed by atoms with Gasteiger partial charge in [-0.05, 0) is 26.0 Å². The average molecular weight is 369 g/mol. The van der Waals surface area contributed by atoms with Gasteiger partial charge in [0.15, 0.2) is 0 Å². The monoisotopic (exact) mass is 369 g/mol. The highest BCUT2D eigenvalue weighted by Gasteiger charge is 2.17. The van der Waals surface area contributed by atoms with Crippen molar-refractivity contribution < 1.29 is 9.72 Å². The lowest BCUT2D eigenvalue weighted by Crippen LogP contribution is -2.26. The van der Waals surface area contributed by atoms with Crippen LogP contribution >= 0.6 is 11.8 Å². The van der Waals surface area contributed by atoms with Crippen molar-refractivity contribution >= 4 is 34.3 Å². The van der Waals surface area contributed by atoms with Crippen molar-refractivity contribution in [1.82, 2.24) is 10.3 Å². The maximum absolute atomic E-state index is 12.3. The van der Waals surface area contributed by atoms with E-state index < -0.39 is 4.92 Å². The van der Waals surface area contributed by atoms with Crippen LogP contribution in [0.5, 0.6) is 0 Å². The number of thioether (sulfide) groups is 1. The minimum absolute atomic E-state index is 0.0403. The number of nitrogens with one attached hydrogen (secondary N) is 2. The summed E-state index contributed by atoms with van der Waals surface area (Å²) in [4.78, 5) is 27.4. The largest absolute Gasteiger partial charge is 0.358 e. The van der Waals surface area contributed by atoms with Gasteiger partial charge in [-0.3, -0.25) is 14.9 Å². The van der Waals surface area contributed by atoms with E-state index in [1.165, 1.54) is 22.4 Å². The maximum atomic E-state index is 12.3. The van der Waals surface area contributed by atoms with Crippen molar-refractivity contribution in [2.75, 3.05) is 12.3 Å². The van der Waals surface area contributed by atoms with Crippen molar-refractivity contribution in [3.63, 3.8) is 0 Å². The Kier molecular flexibility index (Phi) is 5.27. The van der Waals surface area contributed by atoms with Gasteiger partial charge in [0.25, 0.3) is 11.6 Å². The predicted molar refractivity (Wildman–Crippen MR) is 104 cm³/mol. The molecule has 0 saturated carbocycles. The van der Waals surface area contributed by atoms with Gasteiger partial charge in [-0.1, -0.05) is 24.3 Å². The zero-order valence-electron chi connectivity index (χ0n) is 14.5. The number of para-hydroxylation sites is 1. The summed E-state index contributed by atoms with van der Waals surface area (Å²) in [6.45, 7) is 4.11. The Morgan fingerprint density at radius 2 is 1.96 bits per heavy atom. The maximum Gasteiger partial charge on any atom is 0.273 e. The molecular formula is C19H19N3O3S. The number of nitro groups is 1. The number of aryl methyl sites for hydroxylation is 1. The molecule has 0 spiro atoms. The Hall–Kier alpha value is -2.80. The number of carbonyl (C=O) groups excluding carboxylic acids is 1. The van der Waals surface area contributed by atoms with E-state index in [2.05, 4.69) is 16.4 Å². The van der Waals surface area contributed by atoms with Gasteiger partial charge in [-0.2, -0.15) is 0 Å². The molecule has 2 aromatic carbocycles. The second kappa shape index (κ2) is 7.61. The van der Waals surface area contributed by atoms with E-state index in [1.807, 2.05) is 25.1 Å². The smallest absolute Gasteiger partial charge is 0.273 e. The van der Waals surface area contributed by atoms with Gasteiger partial charge in [0.2, 0.25) is 0 Å². The predicted octanol–water partition coefficient (Wildman–Crippen LogP) is 4.22. The lowest BCUT2D eigenvalue weighted by Gasteiger charge is -2.08. The van der Waals surface area contributed by atoms with E-state index in [4.69, 9.17) is 0 Å². The summed E-state index contributed by atoms with van der Waals surface area (Å²) in [6, 6.07) is 12.7. The number of aromatic amines is 1. The zero-order valence-corrected chi connectivity index (χ0v) is 15.4. The van der Waals surface area contributed by atoms with Gasteiger partial charge in [0.05, 0.1) is 4.92 Å². The second-order valence-electron chi connectivity index (χ2n) is 5.94. The summed E-state index contributed by atoms with van der Waals surface area (Å²) in [6.07, 6.45) is 0. The van der Waals surface area contributed by atoms with Crippen LogP contribution in [0.4, 0.5) is 5.69 Å². The molecule has 0 fully saturated rings. The zero-order chi connectivity index (χ0) is 18.7. The van der Waals surface area contributed by atoms with Gasteiger partial charge >= 0.3 is 0 Å². The van der Waals surface area contributed by atoms with E-state index in [-0.39, 0.29) is 11.6 Å². The third-order valence-electron chi connectivity index (χ3n) is 4.21. The van der Waals surface area contributed by atoms with Crippen LogP contribution in [0.1, 0.15) is 21.6 Å². The normalized spacial score (nSPS) is 10.8. The molecule has 2 N–H and O–H groups in total. The third-order valence-corrected chi connectivity index (χ3v) is 5.44. The molecule has 0 bridgehead atoms. The van der Waals surface area contributed by atoms with E-state index >= 15 is 0 Å². The SMILES string of the molecule is Cc1[nH]c2ccccc2c1SCCNC(=O)c1cccc([N+](=O)[O-])c1C. The van der Waals surface area contributed by atoms with Crippen molar-refractivity contribution in [3.05, 3.63) is 69.4 Å². The van der Waals surface area contributed by atoms with Crippen LogP contribution in [0.15, 0.2) is 47.4 Å². The van der Waals surface area contributed by atoms with E-state index in [0.717, 1.165) is 11.2 Å². The van der Waals surface area contributed by atoms with Gasteiger partial charge in [-0.15, -0.1) is 11.8 Å². The molecule has 0 aliphatic heterocycles. The Morgan fingerprint density at radius 3 is 2.73 bits per heavy atom. The number of hydrogen-bond donors (Lipinski definition) is 2. The Bertz CT molecular complexity index is 981. The lowest BCUT2D eigenvalue weighted by atomic mass is 10.1. The first-order valence-electron chi connectivity index (χ1n) is 8.21. The fourth-order valence-corrected chi connectivity index (χ4v) is 3.93. The quantitative estimate of drug-likeness (QED) is 0.295. The van der Waals surface area contributed by atoms with Crippen LogP contribution in [0.25, 0.3) is 10.9 Å². The molecule has 0 atom stereocenters. The standard InChI is InChI=1S/C19H19N3O3S/c1-12-14(7-5-9-17(12)22(24)25)19(23)20-10-11-26-18-13(2)21-16-8-4-3-6-15(16)18/h3-9,21H,10-11H2,1-2H3,(H,20,23). The molecule has 0 unspecified atom stereocenters. The molecule has 0 saturated heterocycles. The molecule has 1 amide bonds. The molecular weight excluding hydrogens is 350 g/mol. The lowest BCUT2D eigenvalue weighted by molar-refractivity contribution is -0.385. The summed E-state index contributed by atoms with van der Waals surface area (Å²) < 4.78 is 0. The van der Waals surface area contributed by atoms with Gasteiger partial charge in [-0.25, -0.2) is 0 Å². The average Bonchev–Trinajstić information content (AvgIpc) is 2.93. The topological polar surface area (TPSA) is 88.0 Å². The van der Waals surface area contributed by atoms with E-state index in [1.54, 1.807) is 24.8 Å². The highest BCUT2D eigenvalue weighted by Crippen LogP contribution is 2.31. The van der Waals surface area contributed by atoms with Gasteiger partial charge in [0.1, 0.15) is 0 Å². The fraction of sp³-hybridized carbons (Fsp3) is 0.211. The number of nitrogens with zero attached hydrogens (tertiary/aromatic N) is 1. The summed E-state index contributed by atoms with van der Waals surface area (Å²) in [5, 5.41) is 15.0. The van der Waals surface area contributed by atoms with Crippen LogP contribution in [-0.2, 0) is 0 Å². The Morgan fingerprint density at radius 1 is 1.19 bits per heavy atom. The minimum Gasteiger partial charge on any atom is -0.358 e. The molecule has 1 heterocycles. The Balaban J connectivity index is 1.62. The highest BCUT2D eigenvalue weighted by atomic mass is 32.2. The number of rotatable bonds is 6. The van der Waals surface area contributed by atoms with Crippen LogP contribution in [-0.4, -0.2) is 28.1 Å². The summed E-state index contributed by atoms with van der Waals surface area (Å²) in [5.74, 6) is 0.421. The summed E-state index contributed by atoms with van der Waals surface area (Å²) in [7, 11) is 0. The molecule has 0 aliphatic rings. The summed E-state index contributed by atoms with van der Waals surface area (Å²) in [5.41, 5.74) is 2.89. The number of amides is 1. The molecule has 3 rings (SSSR count). The van der Waals surface area contributed by atoms with E-state index in [9.17, 15) is 14.9 Å². The first kappa shape index (κ1) is 18.0. The van der Waals surface area contributed by atoms with Gasteiger partial charge in [0, 0.05) is 51.0 Å². The first-order valence-corrected chi connectivity index (χ1v) is 9.20. The fourth-order valence-electron chi connectivity index (χ4n) is 2.92. The number of carbonyl (C=O) groups is 1. The molecule has 134 valence electrons. The minimum atomic E-state index is -0.470. The molecule has 3 aromatic rings. The van der Waals surface area contributed by atoms with Crippen LogP contribution < -0.4 is 5.32 Å². The number of aromatic nitrogens is 1. The van der Waals surface area contributed by atoms with Crippen LogP contribution in [0.3, 0.4) is 0 Å². The van der Waals surface area contributed by atoms with Crippen LogP contribution in [0, 0.1) is 24.0 Å². The molecule has 0 radical (unpaired) electrons. The van der Waals surface area contributed by atoms with E-state index in [0.29, 0.717) is 23.4 Å². The Labute approximate surface area is 155 Å². The molecule has 26 heavy (non-hydrogen) atoms. The van der Waals surface area contributed by atoms with Crippen molar-refractivity contribution in [2.24, 2.45) is 0 Å². The molecule has 0 aliphatic carbocycles. The van der Waals surface area contributed by atoms with Crippen LogP contribution in [0.2, 0.25) is 0 Å². The highest BCUT2D eigenvalue weighted by molar-refractivity contribution is 7.99. The number of H-pyrrole nitrogens is 1. The summed E-state index contributed by atoms with van der Waals surface area (Å²) >= 11 is 1.68. The van der Waals surface area contributed by atoms with Gasteiger partial charge < -0.3 is 10.3 Å². The molecule has 1 aromatic heterocycles. The second-order valence-corrected chi connectivity index (χ2v) is 7.04. The molecule has 7 heteroatoms. The third kappa shape index (κ3) is 3.57. The number of fused-ring (bicyclic) bond motifs is 1. The first-order chi connectivity index (χ1) is 12.5. The van der Waals surface area contributed by atoms with Crippen molar-refractivity contribution in [1.29, 1.82) is 0 Å². The van der Waals surface area contributed by atoms with Crippen molar-refractivity contribution in [3.8, 4) is 0 Å². The number of nitro benzene ring substituents is 1.